The van der Waals surface area contributed by atoms with Crippen LogP contribution < -0.4 is 5.32 Å². The van der Waals surface area contributed by atoms with Gasteiger partial charge in [0.15, 0.2) is 0 Å². The van der Waals surface area contributed by atoms with Crippen LogP contribution in [-0.4, -0.2) is 43.1 Å². The average molecular weight is 289 g/mol. The molecule has 5 nitrogen and oxygen atoms in total. The predicted octanol–water partition coefficient (Wildman–Crippen LogP) is 2.89. The Balaban J connectivity index is 4.66. The van der Waals surface area contributed by atoms with Gasteiger partial charge in [-0.3, -0.25) is 0 Å². The molecular weight excluding hydrogens is 261 g/mol. The van der Waals surface area contributed by atoms with Gasteiger partial charge in [-0.25, -0.2) is 4.67 Å². The summed E-state index contributed by atoms with van der Waals surface area (Å²) in [5.41, 5.74) is 0. The highest BCUT2D eigenvalue weighted by molar-refractivity contribution is 7.44. The monoisotopic (exact) mass is 289 g/mol. The van der Waals surface area contributed by atoms with Crippen molar-refractivity contribution in [2.24, 2.45) is 0 Å². The Kier molecular flexibility index (Phi) is 10.4. The molecule has 2 atom stereocenters. The molecule has 0 aromatic carbocycles. The molecule has 1 N–H and O–H groups in total. The molecule has 0 bridgehead atoms. The molecule has 0 aliphatic heterocycles. The van der Waals surface area contributed by atoms with Crippen LogP contribution in [0, 0.1) is 11.3 Å². The van der Waals surface area contributed by atoms with Crippen molar-refractivity contribution >= 4 is 8.53 Å². The van der Waals surface area contributed by atoms with Crippen molar-refractivity contribution in [2.45, 2.75) is 59.2 Å². The summed E-state index contributed by atoms with van der Waals surface area (Å²) in [7, 11) is 0.781. The molecule has 0 aliphatic rings. The van der Waals surface area contributed by atoms with Crippen LogP contribution in [0.1, 0.15) is 41.0 Å². The van der Waals surface area contributed by atoms with Gasteiger partial charge in [-0.05, 0) is 41.7 Å². The number of nitrogens with zero attached hydrogens (tertiary/aromatic N) is 2. The number of nitriles is 1. The zero-order valence-electron chi connectivity index (χ0n) is 13.0. The lowest BCUT2D eigenvalue weighted by Gasteiger charge is -2.36. The van der Waals surface area contributed by atoms with Gasteiger partial charge in [0.2, 0.25) is 0 Å². The number of hydrogen-bond acceptors (Lipinski definition) is 5. The zero-order chi connectivity index (χ0) is 14.8. The summed E-state index contributed by atoms with van der Waals surface area (Å²) in [6, 6.07) is 2.78. The molecule has 112 valence electrons. The van der Waals surface area contributed by atoms with Crippen LogP contribution in [0.15, 0.2) is 0 Å². The largest absolute Gasteiger partial charge is 0.321 e. The van der Waals surface area contributed by atoms with Crippen molar-refractivity contribution in [2.75, 3.05) is 20.2 Å². The second-order valence-electron chi connectivity index (χ2n) is 5.02. The average Bonchev–Trinajstić information content (AvgIpc) is 2.28. The third kappa shape index (κ3) is 7.81. The lowest BCUT2D eigenvalue weighted by molar-refractivity contribution is 0.141. The lowest BCUT2D eigenvalue weighted by Crippen LogP contribution is -2.35. The molecule has 0 saturated heterocycles. The highest BCUT2D eigenvalue weighted by Gasteiger charge is 2.28. The van der Waals surface area contributed by atoms with Crippen LogP contribution in [0.25, 0.3) is 0 Å². The minimum atomic E-state index is -1.12. The number of likely N-dealkylation sites (N-methyl/N-ethyl adjacent to an activating group) is 1. The molecule has 6 heteroatoms. The third-order valence-electron chi connectivity index (χ3n) is 2.42. The van der Waals surface area contributed by atoms with Gasteiger partial charge in [0, 0.05) is 18.6 Å². The zero-order valence-corrected chi connectivity index (χ0v) is 13.9. The molecule has 0 aromatic heterocycles. The van der Waals surface area contributed by atoms with E-state index in [1.165, 1.54) is 0 Å². The number of nitrogens with one attached hydrogen (secondary N) is 1. The fourth-order valence-corrected chi connectivity index (χ4v) is 3.46. The van der Waals surface area contributed by atoms with Gasteiger partial charge in [-0.15, -0.1) is 0 Å². The highest BCUT2D eigenvalue weighted by atomic mass is 31.2. The van der Waals surface area contributed by atoms with Gasteiger partial charge in [0.1, 0.15) is 0 Å². The van der Waals surface area contributed by atoms with E-state index >= 15 is 0 Å². The summed E-state index contributed by atoms with van der Waals surface area (Å²) in [4.78, 5) is 0. The van der Waals surface area contributed by atoms with E-state index < -0.39 is 8.53 Å². The summed E-state index contributed by atoms with van der Waals surface area (Å²) in [6.45, 7) is 11.8. The van der Waals surface area contributed by atoms with Crippen molar-refractivity contribution in [3.63, 3.8) is 0 Å². The van der Waals surface area contributed by atoms with Crippen molar-refractivity contribution in [1.82, 2.24) is 9.99 Å². The van der Waals surface area contributed by atoms with Gasteiger partial charge < -0.3 is 14.4 Å². The Morgan fingerprint density at radius 2 is 1.79 bits per heavy atom. The Morgan fingerprint density at radius 3 is 2.21 bits per heavy atom. The molecule has 0 aliphatic carbocycles. The summed E-state index contributed by atoms with van der Waals surface area (Å²) < 4.78 is 14.1. The van der Waals surface area contributed by atoms with Crippen molar-refractivity contribution in [3.8, 4) is 6.07 Å². The van der Waals surface area contributed by atoms with E-state index in [9.17, 15) is 0 Å². The Morgan fingerprint density at radius 1 is 1.21 bits per heavy atom. The van der Waals surface area contributed by atoms with Gasteiger partial charge in [-0.2, -0.15) is 5.26 Å². The van der Waals surface area contributed by atoms with Crippen LogP contribution in [0.5, 0.6) is 0 Å². The minimum absolute atomic E-state index is 0.0817. The molecule has 0 rings (SSSR count). The van der Waals surface area contributed by atoms with Crippen molar-refractivity contribution < 1.29 is 9.05 Å². The Hall–Kier alpha value is -0.240. The second-order valence-corrected chi connectivity index (χ2v) is 6.43. The third-order valence-corrected chi connectivity index (χ3v) is 4.67. The van der Waals surface area contributed by atoms with E-state index in [4.69, 9.17) is 14.3 Å². The lowest BCUT2D eigenvalue weighted by atomic mass is 10.3. The van der Waals surface area contributed by atoms with Crippen LogP contribution in [-0.2, 0) is 9.05 Å². The van der Waals surface area contributed by atoms with Gasteiger partial charge in [0.25, 0.3) is 8.53 Å². The molecule has 0 fully saturated rings. The standard InChI is InChI=1S/C13H28N3O2P/c1-11(2)16(12(3)4)19(17-9-7-8-14)18-13(5)10-15-6/h11-13,15H,7,9-10H2,1-6H3. The summed E-state index contributed by atoms with van der Waals surface area (Å²) >= 11 is 0. The molecule has 0 heterocycles. The van der Waals surface area contributed by atoms with Crippen LogP contribution in [0.4, 0.5) is 0 Å². The topological polar surface area (TPSA) is 57.5 Å². The summed E-state index contributed by atoms with van der Waals surface area (Å²) in [6.07, 6.45) is 0.477. The molecule has 0 radical (unpaired) electrons. The van der Waals surface area contributed by atoms with E-state index in [1.807, 2.05) is 14.0 Å². The van der Waals surface area contributed by atoms with Crippen LogP contribution in [0.2, 0.25) is 0 Å². The van der Waals surface area contributed by atoms with Crippen LogP contribution >= 0.6 is 8.53 Å². The molecule has 2 unspecified atom stereocenters. The fraction of sp³-hybridized carbons (Fsp3) is 0.923. The Labute approximate surface area is 119 Å². The maximum atomic E-state index is 8.62. The maximum absolute atomic E-state index is 8.62. The smallest absolute Gasteiger partial charge is 0.259 e. The van der Waals surface area contributed by atoms with Crippen molar-refractivity contribution in [3.05, 3.63) is 0 Å². The molecule has 0 saturated carbocycles. The van der Waals surface area contributed by atoms with E-state index in [0.29, 0.717) is 25.1 Å². The summed E-state index contributed by atoms with van der Waals surface area (Å²) in [5.74, 6) is 0. The maximum Gasteiger partial charge on any atom is 0.259 e. The van der Waals surface area contributed by atoms with E-state index in [0.717, 1.165) is 6.54 Å². The quantitative estimate of drug-likeness (QED) is 0.495. The van der Waals surface area contributed by atoms with E-state index in [-0.39, 0.29) is 6.10 Å². The first-order valence-corrected chi connectivity index (χ1v) is 7.96. The minimum Gasteiger partial charge on any atom is -0.321 e. The van der Waals surface area contributed by atoms with Crippen molar-refractivity contribution in [1.29, 1.82) is 5.26 Å². The number of rotatable bonds is 10. The van der Waals surface area contributed by atoms with Crippen LogP contribution in [0.3, 0.4) is 0 Å². The van der Waals surface area contributed by atoms with E-state index in [2.05, 4.69) is 43.8 Å². The SMILES string of the molecule is CNCC(C)OP(OCCC#N)N(C(C)C)C(C)C. The fourth-order valence-electron chi connectivity index (χ4n) is 1.77. The Bertz CT molecular complexity index is 261. The second kappa shape index (κ2) is 10.5. The van der Waals surface area contributed by atoms with Gasteiger partial charge in [-0.1, -0.05) is 0 Å². The molecular formula is C13H28N3O2P. The summed E-state index contributed by atoms with van der Waals surface area (Å²) in [5, 5.41) is 11.7. The van der Waals surface area contributed by atoms with Gasteiger partial charge in [0.05, 0.1) is 25.2 Å². The first-order valence-electron chi connectivity index (χ1n) is 6.83. The normalized spacial score (nSPS) is 14.9. The first kappa shape index (κ1) is 18.8. The predicted molar refractivity (Wildman–Crippen MR) is 79.7 cm³/mol. The highest BCUT2D eigenvalue weighted by Crippen LogP contribution is 2.46. The van der Waals surface area contributed by atoms with E-state index in [1.54, 1.807) is 0 Å². The first-order chi connectivity index (χ1) is 8.93. The number of hydrogen-bond donors (Lipinski definition) is 1. The molecule has 0 aromatic rings. The molecule has 0 spiro atoms. The molecule has 0 amide bonds. The van der Waals surface area contributed by atoms with Gasteiger partial charge >= 0.3 is 0 Å². The molecule has 19 heavy (non-hydrogen) atoms.